The van der Waals surface area contributed by atoms with Crippen LogP contribution in [0.5, 0.6) is 5.75 Å². The molecule has 0 atom stereocenters. The van der Waals surface area contributed by atoms with E-state index in [2.05, 4.69) is 57.3 Å². The van der Waals surface area contributed by atoms with E-state index in [9.17, 15) is 4.39 Å². The van der Waals surface area contributed by atoms with Crippen LogP contribution >= 0.6 is 0 Å². The van der Waals surface area contributed by atoms with Crippen molar-refractivity contribution in [1.82, 2.24) is 24.8 Å². The summed E-state index contributed by atoms with van der Waals surface area (Å²) >= 11 is 0. The molecular weight excluding hydrogens is 481 g/mol. The van der Waals surface area contributed by atoms with Gasteiger partial charge in [0.25, 0.3) is 0 Å². The van der Waals surface area contributed by atoms with Gasteiger partial charge in [0.15, 0.2) is 0 Å². The van der Waals surface area contributed by atoms with Crippen LogP contribution in [0.15, 0.2) is 61.1 Å². The fraction of sp³-hybridized carbons (Fsp3) is 0.241. The van der Waals surface area contributed by atoms with Gasteiger partial charge in [-0.2, -0.15) is 0 Å². The fourth-order valence-electron chi connectivity index (χ4n) is 5.05. The molecule has 4 heterocycles. The van der Waals surface area contributed by atoms with Crippen molar-refractivity contribution in [2.45, 2.75) is 6.92 Å². The summed E-state index contributed by atoms with van der Waals surface area (Å²) in [5.41, 5.74) is 5.28. The summed E-state index contributed by atoms with van der Waals surface area (Å²) in [6, 6.07) is 12.9. The number of nitrogens with one attached hydrogen (secondary N) is 1. The first-order valence-electron chi connectivity index (χ1n) is 12.6. The first-order valence-corrected chi connectivity index (χ1v) is 12.6. The number of pyridine rings is 2. The Balaban J connectivity index is 1.37. The second-order valence-electron chi connectivity index (χ2n) is 9.54. The SMILES string of the molecule is COc1cccc(F)c1-c1nc2cnc(Nc3ccc(N4CCN(C)CC4)c(C)c3)nc2c2cnccc12. The minimum Gasteiger partial charge on any atom is -0.496 e. The molecule has 1 saturated heterocycles. The van der Waals surface area contributed by atoms with Gasteiger partial charge in [-0.3, -0.25) is 4.98 Å². The van der Waals surface area contributed by atoms with Crippen LogP contribution in [0.4, 0.5) is 21.7 Å². The molecule has 2 aromatic carbocycles. The molecule has 0 amide bonds. The van der Waals surface area contributed by atoms with Crippen molar-refractivity contribution in [2.24, 2.45) is 0 Å². The molecule has 1 N–H and O–H groups in total. The van der Waals surface area contributed by atoms with Crippen molar-refractivity contribution < 1.29 is 9.13 Å². The van der Waals surface area contributed by atoms with Gasteiger partial charge in [0.1, 0.15) is 22.6 Å². The van der Waals surface area contributed by atoms with Crippen LogP contribution in [-0.2, 0) is 0 Å². The van der Waals surface area contributed by atoms with Gasteiger partial charge < -0.3 is 19.9 Å². The Bertz CT molecular complexity index is 1650. The number of rotatable bonds is 5. The van der Waals surface area contributed by atoms with E-state index in [-0.39, 0.29) is 0 Å². The first kappa shape index (κ1) is 24.0. The standard InChI is InChI=1S/C29H28FN7O/c1-18-15-19(7-8-24(18)37-13-11-36(2)12-14-37)33-29-32-17-23-27(35-29)21-16-31-10-9-20(21)28(34-23)26-22(30)5-4-6-25(26)38-3/h4-10,15-17H,11-14H2,1-3H3,(H,32,33,35). The summed E-state index contributed by atoms with van der Waals surface area (Å²) in [6.07, 6.45) is 5.04. The highest BCUT2D eigenvalue weighted by Gasteiger charge is 2.20. The lowest BCUT2D eigenvalue weighted by atomic mass is 10.0. The number of aromatic nitrogens is 4. The molecule has 1 aliphatic rings. The van der Waals surface area contributed by atoms with Crippen molar-refractivity contribution in [3.63, 3.8) is 0 Å². The molecule has 3 aromatic heterocycles. The second kappa shape index (κ2) is 9.83. The molecule has 0 unspecified atom stereocenters. The Morgan fingerprint density at radius 1 is 0.974 bits per heavy atom. The largest absolute Gasteiger partial charge is 0.496 e. The Morgan fingerprint density at radius 3 is 2.61 bits per heavy atom. The number of halogens is 1. The van der Waals surface area contributed by atoms with E-state index in [0.717, 1.165) is 42.6 Å². The molecule has 1 fully saturated rings. The Morgan fingerprint density at radius 2 is 1.82 bits per heavy atom. The van der Waals surface area contributed by atoms with Gasteiger partial charge in [-0.25, -0.2) is 19.3 Å². The Hall–Kier alpha value is -4.37. The molecule has 0 radical (unpaired) electrons. The van der Waals surface area contributed by atoms with Gasteiger partial charge in [-0.15, -0.1) is 0 Å². The zero-order valence-corrected chi connectivity index (χ0v) is 21.6. The normalized spacial score (nSPS) is 14.3. The number of aryl methyl sites for hydroxylation is 1. The third-order valence-corrected chi connectivity index (χ3v) is 7.06. The van der Waals surface area contributed by atoms with Crippen LogP contribution in [0.25, 0.3) is 33.1 Å². The number of ether oxygens (including phenoxy) is 1. The highest BCUT2D eigenvalue weighted by molar-refractivity contribution is 6.09. The number of benzene rings is 2. The van der Waals surface area contributed by atoms with Gasteiger partial charge in [0.2, 0.25) is 5.95 Å². The molecule has 38 heavy (non-hydrogen) atoms. The van der Waals surface area contributed by atoms with E-state index in [1.165, 1.54) is 24.4 Å². The monoisotopic (exact) mass is 509 g/mol. The molecule has 0 aliphatic carbocycles. The lowest BCUT2D eigenvalue weighted by Gasteiger charge is -2.35. The van der Waals surface area contributed by atoms with Gasteiger partial charge in [-0.05, 0) is 55.9 Å². The third-order valence-electron chi connectivity index (χ3n) is 7.06. The Labute approximate surface area is 220 Å². The van der Waals surface area contributed by atoms with E-state index in [4.69, 9.17) is 14.7 Å². The van der Waals surface area contributed by atoms with Crippen LogP contribution in [0.2, 0.25) is 0 Å². The number of nitrogens with zero attached hydrogens (tertiary/aromatic N) is 6. The van der Waals surface area contributed by atoms with Crippen LogP contribution in [0.3, 0.4) is 0 Å². The quantitative estimate of drug-likeness (QED) is 0.324. The van der Waals surface area contributed by atoms with Gasteiger partial charge in [-0.1, -0.05) is 6.07 Å². The summed E-state index contributed by atoms with van der Waals surface area (Å²) in [7, 11) is 3.68. The summed E-state index contributed by atoms with van der Waals surface area (Å²) in [4.78, 5) is 23.1. The number of anilines is 3. The molecule has 1 aliphatic heterocycles. The predicted molar refractivity (Wildman–Crippen MR) is 149 cm³/mol. The number of likely N-dealkylation sites (N-methyl/N-ethyl adjacent to an activating group) is 1. The third kappa shape index (κ3) is 4.35. The molecule has 5 aromatic rings. The van der Waals surface area contributed by atoms with Crippen molar-refractivity contribution >= 4 is 39.1 Å². The molecule has 6 rings (SSSR count). The fourth-order valence-corrected chi connectivity index (χ4v) is 5.05. The first-order chi connectivity index (χ1) is 18.5. The highest BCUT2D eigenvalue weighted by Crippen LogP contribution is 2.37. The maximum Gasteiger partial charge on any atom is 0.227 e. The minimum absolute atomic E-state index is 0.297. The van der Waals surface area contributed by atoms with E-state index < -0.39 is 5.82 Å². The van der Waals surface area contributed by atoms with Crippen LogP contribution in [0, 0.1) is 12.7 Å². The highest BCUT2D eigenvalue weighted by atomic mass is 19.1. The summed E-state index contributed by atoms with van der Waals surface area (Å²) in [5.74, 6) is 0.445. The summed E-state index contributed by atoms with van der Waals surface area (Å²) in [5, 5.41) is 4.82. The smallest absolute Gasteiger partial charge is 0.227 e. The average molecular weight is 510 g/mol. The molecule has 0 saturated carbocycles. The number of fused-ring (bicyclic) bond motifs is 3. The maximum absolute atomic E-state index is 15.0. The molecule has 0 spiro atoms. The van der Waals surface area contributed by atoms with E-state index in [1.54, 1.807) is 30.7 Å². The second-order valence-corrected chi connectivity index (χ2v) is 9.54. The zero-order chi connectivity index (χ0) is 26.2. The van der Waals surface area contributed by atoms with E-state index in [0.29, 0.717) is 34.0 Å². The Kier molecular flexibility index (Phi) is 6.21. The van der Waals surface area contributed by atoms with Crippen LogP contribution in [-0.4, -0.2) is 65.2 Å². The van der Waals surface area contributed by atoms with E-state index >= 15 is 0 Å². The number of hydrogen-bond donors (Lipinski definition) is 1. The number of methoxy groups -OCH3 is 1. The maximum atomic E-state index is 15.0. The van der Waals surface area contributed by atoms with Gasteiger partial charge in [0, 0.05) is 60.7 Å². The number of piperazine rings is 1. The topological polar surface area (TPSA) is 79.3 Å². The van der Waals surface area contributed by atoms with Crippen molar-refractivity contribution in [3.05, 3.63) is 72.4 Å². The molecule has 9 heteroatoms. The zero-order valence-electron chi connectivity index (χ0n) is 21.6. The molecule has 0 bridgehead atoms. The predicted octanol–water partition coefficient (Wildman–Crippen LogP) is 5.19. The summed E-state index contributed by atoms with van der Waals surface area (Å²) in [6.45, 7) is 6.29. The van der Waals surface area contributed by atoms with Crippen molar-refractivity contribution in [2.75, 3.05) is 50.6 Å². The van der Waals surface area contributed by atoms with Crippen LogP contribution < -0.4 is 15.0 Å². The molecule has 8 nitrogen and oxygen atoms in total. The van der Waals surface area contributed by atoms with Crippen molar-refractivity contribution in [1.29, 1.82) is 0 Å². The van der Waals surface area contributed by atoms with Crippen molar-refractivity contribution in [3.8, 4) is 17.0 Å². The number of hydrogen-bond acceptors (Lipinski definition) is 8. The van der Waals surface area contributed by atoms with Gasteiger partial charge in [0.05, 0.1) is 24.6 Å². The van der Waals surface area contributed by atoms with Gasteiger partial charge >= 0.3 is 0 Å². The molecule has 192 valence electrons. The minimum atomic E-state index is -0.413. The van der Waals surface area contributed by atoms with Crippen LogP contribution in [0.1, 0.15) is 5.56 Å². The molecular formula is C29H28FN7O. The average Bonchev–Trinajstić information content (AvgIpc) is 2.93. The van der Waals surface area contributed by atoms with E-state index in [1.807, 2.05) is 6.07 Å². The lowest BCUT2D eigenvalue weighted by molar-refractivity contribution is 0.312. The lowest BCUT2D eigenvalue weighted by Crippen LogP contribution is -2.44. The summed E-state index contributed by atoms with van der Waals surface area (Å²) < 4.78 is 20.4.